The lowest BCUT2D eigenvalue weighted by Gasteiger charge is -2.23. The quantitative estimate of drug-likeness (QED) is 0.725. The molecule has 0 unspecified atom stereocenters. The summed E-state index contributed by atoms with van der Waals surface area (Å²) in [4.78, 5) is 39.5. The van der Waals surface area contributed by atoms with Crippen LogP contribution in [0.4, 0.5) is 0 Å². The van der Waals surface area contributed by atoms with Crippen LogP contribution in [0.25, 0.3) is 0 Å². The smallest absolute Gasteiger partial charge is 0.242 e. The van der Waals surface area contributed by atoms with E-state index in [2.05, 4.69) is 0 Å². The second-order valence-corrected chi connectivity index (χ2v) is 6.67. The SMILES string of the molecule is CN(CC1CC1)C(=O)CN1C(=O)CC2(CCCC2)C1=O. The second kappa shape index (κ2) is 4.86. The number of likely N-dealkylation sites (N-methyl/N-ethyl adjacent to an activating group) is 1. The maximum atomic E-state index is 12.5. The van der Waals surface area contributed by atoms with Crippen LogP contribution in [0.1, 0.15) is 44.9 Å². The van der Waals surface area contributed by atoms with Gasteiger partial charge < -0.3 is 4.90 Å². The second-order valence-electron chi connectivity index (χ2n) is 6.67. The molecule has 110 valence electrons. The molecular formula is C15H22N2O3. The first kappa shape index (κ1) is 13.6. The highest BCUT2D eigenvalue weighted by Gasteiger charge is 2.52. The van der Waals surface area contributed by atoms with Gasteiger partial charge >= 0.3 is 0 Å². The van der Waals surface area contributed by atoms with E-state index in [4.69, 9.17) is 0 Å². The summed E-state index contributed by atoms with van der Waals surface area (Å²) >= 11 is 0. The molecule has 1 saturated heterocycles. The van der Waals surface area contributed by atoms with Crippen LogP contribution in [-0.2, 0) is 14.4 Å². The number of carbonyl (C=O) groups excluding carboxylic acids is 3. The molecule has 0 bridgehead atoms. The fourth-order valence-electron chi connectivity index (χ4n) is 3.51. The highest BCUT2D eigenvalue weighted by Crippen LogP contribution is 2.46. The van der Waals surface area contributed by atoms with Gasteiger partial charge in [0.25, 0.3) is 0 Å². The van der Waals surface area contributed by atoms with Gasteiger partial charge in [-0.25, -0.2) is 0 Å². The molecule has 3 amide bonds. The van der Waals surface area contributed by atoms with Crippen molar-refractivity contribution >= 4 is 17.7 Å². The number of carbonyl (C=O) groups is 3. The lowest BCUT2D eigenvalue weighted by atomic mass is 9.84. The normalized spacial score (nSPS) is 24.8. The first-order valence-corrected chi connectivity index (χ1v) is 7.61. The van der Waals surface area contributed by atoms with E-state index in [1.54, 1.807) is 11.9 Å². The number of hydrogen-bond donors (Lipinski definition) is 0. The molecule has 0 aromatic rings. The Hall–Kier alpha value is -1.39. The van der Waals surface area contributed by atoms with Gasteiger partial charge in [0.2, 0.25) is 17.7 Å². The van der Waals surface area contributed by atoms with E-state index in [9.17, 15) is 14.4 Å². The zero-order valence-corrected chi connectivity index (χ0v) is 12.1. The molecule has 2 aliphatic carbocycles. The molecule has 3 rings (SSSR count). The van der Waals surface area contributed by atoms with Crippen molar-refractivity contribution in [1.82, 2.24) is 9.80 Å². The molecule has 1 spiro atoms. The Morgan fingerprint density at radius 1 is 1.30 bits per heavy atom. The summed E-state index contributed by atoms with van der Waals surface area (Å²) in [5.41, 5.74) is -0.466. The van der Waals surface area contributed by atoms with E-state index in [0.29, 0.717) is 12.3 Å². The van der Waals surface area contributed by atoms with Crippen LogP contribution in [0, 0.1) is 11.3 Å². The molecule has 1 aliphatic heterocycles. The maximum absolute atomic E-state index is 12.5. The molecule has 0 atom stereocenters. The number of rotatable bonds is 4. The minimum absolute atomic E-state index is 0.0668. The Morgan fingerprint density at radius 2 is 1.95 bits per heavy atom. The predicted octanol–water partition coefficient (Wildman–Crippen LogP) is 1.17. The first-order chi connectivity index (χ1) is 9.52. The van der Waals surface area contributed by atoms with Crippen LogP contribution in [0.5, 0.6) is 0 Å². The van der Waals surface area contributed by atoms with E-state index >= 15 is 0 Å². The van der Waals surface area contributed by atoms with Gasteiger partial charge in [-0.15, -0.1) is 0 Å². The zero-order chi connectivity index (χ0) is 14.3. The molecule has 0 aromatic heterocycles. The van der Waals surface area contributed by atoms with Crippen molar-refractivity contribution in [3.8, 4) is 0 Å². The number of amides is 3. The van der Waals surface area contributed by atoms with Crippen molar-refractivity contribution in [2.24, 2.45) is 11.3 Å². The maximum Gasteiger partial charge on any atom is 0.242 e. The third kappa shape index (κ3) is 2.34. The molecule has 3 fully saturated rings. The molecule has 5 heteroatoms. The van der Waals surface area contributed by atoms with Crippen molar-refractivity contribution in [2.75, 3.05) is 20.1 Å². The number of nitrogens with zero attached hydrogens (tertiary/aromatic N) is 2. The third-order valence-corrected chi connectivity index (χ3v) is 5.00. The number of likely N-dealkylation sites (tertiary alicyclic amines) is 1. The highest BCUT2D eigenvalue weighted by molar-refractivity contribution is 6.08. The first-order valence-electron chi connectivity index (χ1n) is 7.61. The largest absolute Gasteiger partial charge is 0.344 e. The van der Waals surface area contributed by atoms with Gasteiger partial charge in [-0.1, -0.05) is 12.8 Å². The van der Waals surface area contributed by atoms with Gasteiger partial charge in [-0.3, -0.25) is 19.3 Å². The van der Waals surface area contributed by atoms with Crippen LogP contribution in [0.2, 0.25) is 0 Å². The van der Waals surface area contributed by atoms with Crippen LogP contribution in [0.15, 0.2) is 0 Å². The summed E-state index contributed by atoms with van der Waals surface area (Å²) < 4.78 is 0. The van der Waals surface area contributed by atoms with Gasteiger partial charge in [0.15, 0.2) is 0 Å². The van der Waals surface area contributed by atoms with Crippen molar-refractivity contribution in [1.29, 1.82) is 0 Å². The van der Waals surface area contributed by atoms with Crippen LogP contribution < -0.4 is 0 Å². The number of hydrogen-bond acceptors (Lipinski definition) is 3. The van der Waals surface area contributed by atoms with E-state index in [1.807, 2.05) is 0 Å². The fraction of sp³-hybridized carbons (Fsp3) is 0.800. The lowest BCUT2D eigenvalue weighted by Crippen LogP contribution is -2.43. The molecule has 2 saturated carbocycles. The summed E-state index contributed by atoms with van der Waals surface area (Å²) in [6.07, 6.45) is 6.32. The highest BCUT2D eigenvalue weighted by atomic mass is 16.2. The molecule has 0 aromatic carbocycles. The van der Waals surface area contributed by atoms with Crippen LogP contribution in [0.3, 0.4) is 0 Å². The molecule has 0 N–H and O–H groups in total. The topological polar surface area (TPSA) is 57.7 Å². The Morgan fingerprint density at radius 3 is 2.55 bits per heavy atom. The fourth-order valence-corrected chi connectivity index (χ4v) is 3.51. The molecule has 3 aliphatic rings. The van der Waals surface area contributed by atoms with Crippen molar-refractivity contribution in [2.45, 2.75) is 44.9 Å². The average Bonchev–Trinajstić information content (AvgIpc) is 3.05. The van der Waals surface area contributed by atoms with Crippen molar-refractivity contribution < 1.29 is 14.4 Å². The minimum Gasteiger partial charge on any atom is -0.344 e. The number of imide groups is 1. The Kier molecular flexibility index (Phi) is 3.30. The molecule has 20 heavy (non-hydrogen) atoms. The van der Waals surface area contributed by atoms with Crippen molar-refractivity contribution in [3.05, 3.63) is 0 Å². The van der Waals surface area contributed by atoms with E-state index < -0.39 is 5.41 Å². The van der Waals surface area contributed by atoms with E-state index in [-0.39, 0.29) is 24.3 Å². The van der Waals surface area contributed by atoms with Gasteiger partial charge in [0.1, 0.15) is 6.54 Å². The third-order valence-electron chi connectivity index (χ3n) is 5.00. The Balaban J connectivity index is 1.63. The van der Waals surface area contributed by atoms with Crippen LogP contribution >= 0.6 is 0 Å². The Bertz CT molecular complexity index is 450. The summed E-state index contributed by atoms with van der Waals surface area (Å²) in [6, 6.07) is 0. The lowest BCUT2D eigenvalue weighted by molar-refractivity contribution is -0.147. The minimum atomic E-state index is -0.466. The van der Waals surface area contributed by atoms with Crippen LogP contribution in [-0.4, -0.2) is 47.7 Å². The van der Waals surface area contributed by atoms with E-state index in [1.165, 1.54) is 17.7 Å². The van der Waals surface area contributed by atoms with Gasteiger partial charge in [-0.2, -0.15) is 0 Å². The van der Waals surface area contributed by atoms with Gasteiger partial charge in [-0.05, 0) is 31.6 Å². The molecule has 0 radical (unpaired) electrons. The molecule has 1 heterocycles. The summed E-state index contributed by atoms with van der Waals surface area (Å²) in [6.45, 7) is 0.683. The monoisotopic (exact) mass is 278 g/mol. The van der Waals surface area contributed by atoms with Crippen molar-refractivity contribution in [3.63, 3.8) is 0 Å². The van der Waals surface area contributed by atoms with Gasteiger partial charge in [0, 0.05) is 20.0 Å². The zero-order valence-electron chi connectivity index (χ0n) is 12.1. The average molecular weight is 278 g/mol. The molecular weight excluding hydrogens is 256 g/mol. The summed E-state index contributed by atoms with van der Waals surface area (Å²) in [5, 5.41) is 0. The van der Waals surface area contributed by atoms with E-state index in [0.717, 1.165) is 32.2 Å². The summed E-state index contributed by atoms with van der Waals surface area (Å²) in [7, 11) is 1.76. The Labute approximate surface area is 119 Å². The summed E-state index contributed by atoms with van der Waals surface area (Å²) in [5.74, 6) is 0.238. The standard InChI is InChI=1S/C15H22N2O3/c1-16(9-11-4-5-11)13(19)10-17-12(18)8-15(14(17)20)6-2-3-7-15/h11H,2-10H2,1H3. The van der Waals surface area contributed by atoms with Gasteiger partial charge in [0.05, 0.1) is 5.41 Å². The molecule has 5 nitrogen and oxygen atoms in total. The predicted molar refractivity (Wildman–Crippen MR) is 72.6 cm³/mol.